The molecule has 1 saturated carbocycles. The van der Waals surface area contributed by atoms with Gasteiger partial charge in [-0.1, -0.05) is 41.6 Å². The maximum atomic E-state index is 13.7. The van der Waals surface area contributed by atoms with Crippen molar-refractivity contribution in [1.82, 2.24) is 0 Å². The Morgan fingerprint density at radius 1 is 1.06 bits per heavy atom. The molecule has 4 heteroatoms. The van der Waals surface area contributed by atoms with Crippen LogP contribution in [0, 0.1) is 17.6 Å². The lowest BCUT2D eigenvalue weighted by Crippen LogP contribution is -2.17. The van der Waals surface area contributed by atoms with E-state index >= 15 is 0 Å². The smallest absolute Gasteiger partial charge is 0.171 e. The molecule has 18 heavy (non-hydrogen) atoms. The van der Waals surface area contributed by atoms with E-state index in [1.165, 1.54) is 0 Å². The van der Waals surface area contributed by atoms with Gasteiger partial charge < -0.3 is 0 Å². The molecule has 1 aromatic rings. The molecule has 1 aliphatic rings. The van der Waals surface area contributed by atoms with Gasteiger partial charge in [-0.25, -0.2) is 8.78 Å². The first-order chi connectivity index (χ1) is 8.59. The monoisotopic (exact) mass is 316 g/mol. The number of carbonyl (C=O) groups is 1. The summed E-state index contributed by atoms with van der Waals surface area (Å²) in [5.41, 5.74) is -0.370. The lowest BCUT2D eigenvalue weighted by molar-refractivity contribution is 0.0899. The van der Waals surface area contributed by atoms with Gasteiger partial charge in [-0.3, -0.25) is 4.79 Å². The minimum absolute atomic E-state index is 0.224. The van der Waals surface area contributed by atoms with E-state index in [4.69, 9.17) is 0 Å². The molecule has 0 radical (unpaired) electrons. The highest BCUT2D eigenvalue weighted by Crippen LogP contribution is 2.29. The molecular weight excluding hydrogens is 302 g/mol. The number of ketones is 1. The first-order valence-corrected chi connectivity index (χ1v) is 7.07. The molecule has 0 saturated heterocycles. The number of halogens is 3. The quantitative estimate of drug-likeness (QED) is 0.561. The summed E-state index contributed by atoms with van der Waals surface area (Å²) in [7, 11) is 0. The van der Waals surface area contributed by atoms with Crippen LogP contribution in [0.3, 0.4) is 0 Å². The Morgan fingerprint density at radius 2 is 1.56 bits per heavy atom. The van der Waals surface area contributed by atoms with E-state index in [0.29, 0.717) is 4.47 Å². The first kappa shape index (κ1) is 13.7. The van der Waals surface area contributed by atoms with Gasteiger partial charge >= 0.3 is 0 Å². The molecule has 1 fully saturated rings. The average Bonchev–Trinajstić information content (AvgIpc) is 2.55. The summed E-state index contributed by atoms with van der Waals surface area (Å²) in [5, 5.41) is 0. The minimum atomic E-state index is -0.767. The molecule has 0 amide bonds. The van der Waals surface area contributed by atoms with Gasteiger partial charge in [-0.15, -0.1) is 0 Å². The van der Waals surface area contributed by atoms with Gasteiger partial charge in [0, 0.05) is 10.4 Å². The number of rotatable bonds is 2. The molecule has 0 bridgehead atoms. The molecule has 1 aromatic carbocycles. The summed E-state index contributed by atoms with van der Waals surface area (Å²) in [4.78, 5) is 12.2. The molecule has 0 aromatic heterocycles. The van der Waals surface area contributed by atoms with E-state index < -0.39 is 11.6 Å². The Bertz CT molecular complexity index is 428. The van der Waals surface area contributed by atoms with Crippen molar-refractivity contribution < 1.29 is 13.6 Å². The number of benzene rings is 1. The lowest BCUT2D eigenvalue weighted by atomic mass is 9.90. The van der Waals surface area contributed by atoms with Crippen LogP contribution in [0.1, 0.15) is 48.9 Å². The summed E-state index contributed by atoms with van der Waals surface area (Å²) in [6.07, 6.45) is 5.64. The lowest BCUT2D eigenvalue weighted by Gasteiger charge is -2.14. The maximum Gasteiger partial charge on any atom is 0.171 e. The van der Waals surface area contributed by atoms with Crippen LogP contribution in [-0.4, -0.2) is 5.78 Å². The largest absolute Gasteiger partial charge is 0.294 e. The van der Waals surface area contributed by atoms with Gasteiger partial charge in [-0.05, 0) is 25.0 Å². The van der Waals surface area contributed by atoms with Gasteiger partial charge in [0.15, 0.2) is 5.78 Å². The fourth-order valence-electron chi connectivity index (χ4n) is 2.52. The van der Waals surface area contributed by atoms with Gasteiger partial charge in [0.25, 0.3) is 0 Å². The van der Waals surface area contributed by atoms with Crippen LogP contribution >= 0.6 is 15.9 Å². The van der Waals surface area contributed by atoms with E-state index in [1.807, 2.05) is 0 Å². The molecule has 0 aliphatic heterocycles. The van der Waals surface area contributed by atoms with E-state index in [-0.39, 0.29) is 17.3 Å². The third-order valence-electron chi connectivity index (χ3n) is 3.48. The van der Waals surface area contributed by atoms with E-state index in [2.05, 4.69) is 15.9 Å². The second-order valence-electron chi connectivity index (χ2n) is 4.80. The Kier molecular flexibility index (Phi) is 4.49. The zero-order valence-corrected chi connectivity index (χ0v) is 11.6. The van der Waals surface area contributed by atoms with Crippen LogP contribution in [-0.2, 0) is 0 Å². The number of hydrogen-bond acceptors (Lipinski definition) is 1. The van der Waals surface area contributed by atoms with Crippen molar-refractivity contribution in [2.45, 2.75) is 38.5 Å². The highest BCUT2D eigenvalue weighted by Gasteiger charge is 2.26. The van der Waals surface area contributed by atoms with E-state index in [1.54, 1.807) is 0 Å². The van der Waals surface area contributed by atoms with Gasteiger partial charge in [0.05, 0.1) is 5.56 Å². The van der Waals surface area contributed by atoms with E-state index in [0.717, 1.165) is 50.7 Å². The topological polar surface area (TPSA) is 17.1 Å². The zero-order valence-electron chi connectivity index (χ0n) is 10.0. The summed E-state index contributed by atoms with van der Waals surface area (Å²) in [5.74, 6) is -2.13. The Balaban J connectivity index is 2.27. The van der Waals surface area contributed by atoms with Crippen molar-refractivity contribution >= 4 is 21.7 Å². The Labute approximate surface area is 114 Å². The normalized spacial score (nSPS) is 17.5. The number of hydrogen-bond donors (Lipinski definition) is 0. The van der Waals surface area contributed by atoms with Crippen molar-refractivity contribution in [1.29, 1.82) is 0 Å². The predicted octanol–water partition coefficient (Wildman–Crippen LogP) is 4.88. The summed E-state index contributed by atoms with van der Waals surface area (Å²) in [6, 6.07) is 2.29. The standard InChI is InChI=1S/C14H15BrF2O/c15-10-7-11(16)13(12(17)8-10)14(18)9-5-3-1-2-4-6-9/h7-9H,1-6H2. The molecule has 0 spiro atoms. The fourth-order valence-corrected chi connectivity index (χ4v) is 2.93. The third-order valence-corrected chi connectivity index (χ3v) is 3.94. The van der Waals surface area contributed by atoms with Gasteiger partial charge in [0.2, 0.25) is 0 Å². The van der Waals surface area contributed by atoms with Crippen LogP contribution in [0.4, 0.5) is 8.78 Å². The first-order valence-electron chi connectivity index (χ1n) is 6.28. The van der Waals surface area contributed by atoms with Crippen LogP contribution in [0.25, 0.3) is 0 Å². The van der Waals surface area contributed by atoms with Crippen LogP contribution in [0.5, 0.6) is 0 Å². The van der Waals surface area contributed by atoms with Crippen molar-refractivity contribution in [2.24, 2.45) is 5.92 Å². The zero-order chi connectivity index (χ0) is 13.1. The second-order valence-corrected chi connectivity index (χ2v) is 5.71. The molecule has 1 nitrogen and oxygen atoms in total. The summed E-state index contributed by atoms with van der Waals surface area (Å²) < 4.78 is 27.8. The Hall–Kier alpha value is -0.770. The SMILES string of the molecule is O=C(c1c(F)cc(Br)cc1F)C1CCCCCC1. The van der Waals surface area contributed by atoms with E-state index in [9.17, 15) is 13.6 Å². The highest BCUT2D eigenvalue weighted by atomic mass is 79.9. The van der Waals surface area contributed by atoms with Crippen molar-refractivity contribution in [3.63, 3.8) is 0 Å². The molecule has 0 heterocycles. The van der Waals surface area contributed by atoms with Gasteiger partial charge in [0.1, 0.15) is 11.6 Å². The molecule has 2 rings (SSSR count). The summed E-state index contributed by atoms with van der Waals surface area (Å²) >= 11 is 3.01. The van der Waals surface area contributed by atoms with Crippen molar-refractivity contribution in [2.75, 3.05) is 0 Å². The average molecular weight is 317 g/mol. The molecule has 98 valence electrons. The van der Waals surface area contributed by atoms with Gasteiger partial charge in [-0.2, -0.15) is 0 Å². The third kappa shape index (κ3) is 2.97. The van der Waals surface area contributed by atoms with Crippen LogP contribution in [0.2, 0.25) is 0 Å². The minimum Gasteiger partial charge on any atom is -0.294 e. The molecule has 0 N–H and O–H groups in total. The molecule has 0 unspecified atom stereocenters. The molecular formula is C14H15BrF2O. The number of Topliss-reactive ketones (excluding diaryl/α,β-unsaturated/α-hetero) is 1. The molecule has 0 atom stereocenters. The van der Waals surface area contributed by atoms with Crippen LogP contribution < -0.4 is 0 Å². The maximum absolute atomic E-state index is 13.7. The summed E-state index contributed by atoms with van der Waals surface area (Å²) in [6.45, 7) is 0. The second kappa shape index (κ2) is 5.91. The van der Waals surface area contributed by atoms with Crippen molar-refractivity contribution in [3.8, 4) is 0 Å². The predicted molar refractivity (Wildman–Crippen MR) is 69.6 cm³/mol. The Morgan fingerprint density at radius 3 is 2.06 bits per heavy atom. The highest BCUT2D eigenvalue weighted by molar-refractivity contribution is 9.10. The fraction of sp³-hybridized carbons (Fsp3) is 0.500. The van der Waals surface area contributed by atoms with Crippen molar-refractivity contribution in [3.05, 3.63) is 33.8 Å². The van der Waals surface area contributed by atoms with Crippen LogP contribution in [0.15, 0.2) is 16.6 Å². The molecule has 1 aliphatic carbocycles. The number of carbonyl (C=O) groups excluding carboxylic acids is 1.